The first-order valence-corrected chi connectivity index (χ1v) is 27.8. The zero-order valence-electron chi connectivity index (χ0n) is 44.4. The van der Waals surface area contributed by atoms with E-state index in [1.807, 2.05) is 19.9 Å². The highest BCUT2D eigenvalue weighted by molar-refractivity contribution is 9.09. The number of carbonyl (C=O) groups excluding carboxylic acids is 8. The van der Waals surface area contributed by atoms with Crippen LogP contribution in [0.4, 0.5) is 0 Å². The summed E-state index contributed by atoms with van der Waals surface area (Å²) in [5.74, 6) is -3.67. The Morgan fingerprint density at radius 2 is 1.44 bits per heavy atom. The second-order valence-electron chi connectivity index (χ2n) is 20.4. The molecule has 77 heavy (non-hydrogen) atoms. The van der Waals surface area contributed by atoms with Gasteiger partial charge in [0.05, 0.1) is 90.0 Å². The van der Waals surface area contributed by atoms with Crippen molar-refractivity contribution in [3.8, 4) is 0 Å². The second-order valence-corrected chi connectivity index (χ2v) is 21.0. The molecule has 0 aromatic heterocycles. The van der Waals surface area contributed by atoms with Crippen LogP contribution in [0.15, 0.2) is 54.1 Å². The summed E-state index contributed by atoms with van der Waals surface area (Å²) in [6.45, 7) is 6.90. The van der Waals surface area contributed by atoms with E-state index in [1.165, 1.54) is 0 Å². The first-order chi connectivity index (χ1) is 37.0. The molecule has 1 saturated heterocycles. The third-order valence-electron chi connectivity index (χ3n) is 15.4. The summed E-state index contributed by atoms with van der Waals surface area (Å²) in [6, 6.07) is 7.76. The Morgan fingerprint density at radius 1 is 0.792 bits per heavy atom. The van der Waals surface area contributed by atoms with Gasteiger partial charge in [-0.25, -0.2) is 0 Å². The lowest BCUT2D eigenvalue weighted by atomic mass is 9.46. The molecule has 0 spiro atoms. The predicted octanol–water partition coefficient (Wildman–Crippen LogP) is 0.859. The smallest absolute Gasteiger partial charge is 0.243 e. The quantitative estimate of drug-likeness (QED) is 0.0292. The van der Waals surface area contributed by atoms with E-state index in [9.17, 15) is 43.5 Å². The molecule has 4 fully saturated rings. The van der Waals surface area contributed by atoms with Crippen molar-refractivity contribution in [1.29, 1.82) is 0 Å². The third-order valence-corrected chi connectivity index (χ3v) is 15.9. The van der Waals surface area contributed by atoms with E-state index < -0.39 is 96.7 Å². The van der Waals surface area contributed by atoms with Crippen molar-refractivity contribution in [2.75, 3.05) is 97.7 Å². The molecule has 3 saturated carbocycles. The van der Waals surface area contributed by atoms with Gasteiger partial charge in [0.2, 0.25) is 35.4 Å². The van der Waals surface area contributed by atoms with Crippen molar-refractivity contribution in [3.63, 3.8) is 0 Å². The number of ketones is 2. The molecule has 1 aromatic rings. The van der Waals surface area contributed by atoms with Gasteiger partial charge >= 0.3 is 0 Å². The van der Waals surface area contributed by atoms with Crippen LogP contribution in [-0.2, 0) is 77.9 Å². The van der Waals surface area contributed by atoms with Crippen molar-refractivity contribution in [2.45, 2.75) is 102 Å². The Hall–Kier alpha value is -4.98. The fourth-order valence-corrected chi connectivity index (χ4v) is 12.0. The van der Waals surface area contributed by atoms with Gasteiger partial charge in [-0.3, -0.25) is 38.4 Å². The lowest BCUT2D eigenvalue weighted by Gasteiger charge is -2.59. The van der Waals surface area contributed by atoms with Crippen molar-refractivity contribution >= 4 is 62.9 Å². The van der Waals surface area contributed by atoms with E-state index in [0.29, 0.717) is 65.3 Å². The Balaban J connectivity index is 0.876. The zero-order chi connectivity index (χ0) is 55.4. The van der Waals surface area contributed by atoms with Crippen LogP contribution in [0.3, 0.4) is 0 Å². The Bertz CT molecular complexity index is 2270. The molecule has 10 atom stereocenters. The maximum Gasteiger partial charge on any atom is 0.243 e. The van der Waals surface area contributed by atoms with Crippen LogP contribution in [0.2, 0.25) is 0 Å². The number of carbonyl (C=O) groups is 8. The number of rotatable bonds is 33. The Morgan fingerprint density at radius 3 is 2.14 bits per heavy atom. The highest BCUT2D eigenvalue weighted by Crippen LogP contribution is 2.69. The number of aliphatic hydroxyl groups is 1. The minimum Gasteiger partial charge on any atom is -0.393 e. The van der Waals surface area contributed by atoms with Crippen molar-refractivity contribution in [1.82, 2.24) is 31.9 Å². The van der Waals surface area contributed by atoms with Crippen molar-refractivity contribution in [2.24, 2.45) is 28.6 Å². The third kappa shape index (κ3) is 16.3. The van der Waals surface area contributed by atoms with E-state index in [4.69, 9.17) is 33.2 Å². The molecule has 1 heterocycles. The molecule has 4 aliphatic carbocycles. The van der Waals surface area contributed by atoms with Gasteiger partial charge in [-0.1, -0.05) is 85.1 Å². The predicted molar refractivity (Wildman–Crippen MR) is 281 cm³/mol. The Kier molecular flexibility index (Phi) is 23.7. The van der Waals surface area contributed by atoms with E-state index >= 15 is 0 Å². The number of hydrogen-bond donors (Lipinski definition) is 7. The number of hydrogen-bond acceptors (Lipinski definition) is 16. The number of allylic oxidation sites excluding steroid dienone is 4. The molecule has 6 rings (SSSR count). The molecular weight excluding hydrogens is 1070 g/mol. The number of Topliss-reactive ketones (excluding diaryl/α,β-unsaturated/α-hetero) is 1. The molecule has 5 aliphatic rings. The number of benzene rings is 1. The molecule has 1 aliphatic heterocycles. The molecular formula is C54H77BrN6O16. The van der Waals surface area contributed by atoms with Crippen molar-refractivity contribution in [3.05, 3.63) is 59.7 Å². The van der Waals surface area contributed by atoms with Gasteiger partial charge in [0.15, 0.2) is 23.5 Å². The maximum absolute atomic E-state index is 14.6. The van der Waals surface area contributed by atoms with Gasteiger partial charge < -0.3 is 70.2 Å². The zero-order valence-corrected chi connectivity index (χ0v) is 46.0. The van der Waals surface area contributed by atoms with Crippen LogP contribution in [0.1, 0.15) is 71.3 Å². The highest BCUT2D eigenvalue weighted by Gasteiger charge is 2.75. The average Bonchev–Trinajstić information content (AvgIpc) is 4.03. The standard InChI is InChI=1S/C54H77BrN6O16/c1-4-8-49-76-43-27-39-38-12-11-36-26-37(62)13-15-52(36,2)50(38)41(63)28-53(39,3)54(43,77-49)42(64)33-75-34-60-47(68)31-59-51(70)40(25-35-9-6-5-7-10-35)61-48(69)32-58-46(67)30-57-44(65)14-17-71-19-21-73-23-24-74-22-20-72-18-16-56-45(66)29-55/h5-7,9-10,13,15,26,38-41,43,49-50,63H,4,8,11-12,14,16-25,27-34H2,1-3H3,(H,56,66)(H,57,65)(H,58,67)(H,59,70)(H,60,68)(H,61,69)/t38-,39-,40-,41-,43+,49?,50+,52-,53-,54+/m0/s1. The Labute approximate surface area is 458 Å². The van der Waals surface area contributed by atoms with Crippen LogP contribution in [0.25, 0.3) is 0 Å². The first-order valence-electron chi connectivity index (χ1n) is 26.7. The molecule has 6 amide bonds. The number of fused-ring (bicyclic) bond motifs is 7. The van der Waals surface area contributed by atoms with E-state index in [1.54, 1.807) is 42.5 Å². The van der Waals surface area contributed by atoms with Gasteiger partial charge in [0.25, 0.3) is 0 Å². The molecule has 1 aromatic carbocycles. The summed E-state index contributed by atoms with van der Waals surface area (Å²) in [5, 5.41) is 27.5. The van der Waals surface area contributed by atoms with Crippen LogP contribution >= 0.6 is 15.9 Å². The molecule has 7 N–H and O–H groups in total. The maximum atomic E-state index is 14.6. The van der Waals surface area contributed by atoms with Gasteiger partial charge in [-0.2, -0.15) is 0 Å². The van der Waals surface area contributed by atoms with Gasteiger partial charge in [-0.15, -0.1) is 0 Å². The van der Waals surface area contributed by atoms with Gasteiger partial charge in [0, 0.05) is 36.1 Å². The number of nitrogens with one attached hydrogen (secondary N) is 6. The first kappa shape index (κ1) is 61.2. The average molecular weight is 1150 g/mol. The number of ether oxygens (including phenoxy) is 7. The monoisotopic (exact) mass is 1140 g/mol. The summed E-state index contributed by atoms with van der Waals surface area (Å²) in [4.78, 5) is 102. The van der Waals surface area contributed by atoms with Crippen molar-refractivity contribution < 1.29 is 76.6 Å². The molecule has 426 valence electrons. The molecule has 0 bridgehead atoms. The van der Waals surface area contributed by atoms with E-state index in [2.05, 4.69) is 54.8 Å². The molecule has 23 heteroatoms. The fourth-order valence-electron chi connectivity index (χ4n) is 11.8. The number of halogens is 1. The molecule has 22 nitrogen and oxygen atoms in total. The summed E-state index contributed by atoms with van der Waals surface area (Å²) >= 11 is 3.07. The number of aliphatic hydroxyl groups excluding tert-OH is 1. The fraction of sp³-hybridized carbons (Fsp3) is 0.667. The molecule has 1 unspecified atom stereocenters. The summed E-state index contributed by atoms with van der Waals surface area (Å²) in [6.07, 6.45) is 7.06. The molecule has 0 radical (unpaired) electrons. The van der Waals surface area contributed by atoms with Crippen LogP contribution in [0.5, 0.6) is 0 Å². The minimum atomic E-state index is -1.39. The lowest BCUT2D eigenvalue weighted by Crippen LogP contribution is -2.63. The van der Waals surface area contributed by atoms with Crippen LogP contribution in [0, 0.1) is 28.6 Å². The lowest BCUT2D eigenvalue weighted by molar-refractivity contribution is -0.201. The highest BCUT2D eigenvalue weighted by atomic mass is 79.9. The van der Waals surface area contributed by atoms with E-state index in [-0.39, 0.29) is 80.0 Å². The summed E-state index contributed by atoms with van der Waals surface area (Å²) in [5.41, 5.74) is -0.919. The SMILES string of the molecule is CCCC1O[C@@H]2C[C@H]3[C@@H]4CCC5=CC(=O)C=C[C@]5(C)[C@H]4[C@@H](O)C[C@]3(C)[C@]2(C(=O)COCNC(=O)CNC(=O)[C@H](Cc2ccccc2)NC(=O)CNC(=O)CNC(=O)CCOCCOCCOCCOCCNC(=O)CBr)O1. The summed E-state index contributed by atoms with van der Waals surface area (Å²) < 4.78 is 40.6. The van der Waals surface area contributed by atoms with Gasteiger partial charge in [0.1, 0.15) is 19.4 Å². The minimum absolute atomic E-state index is 0.0130. The topological polar surface area (TPSA) is 294 Å². The largest absolute Gasteiger partial charge is 0.393 e. The summed E-state index contributed by atoms with van der Waals surface area (Å²) in [7, 11) is 0. The number of alkyl halides is 1. The normalized spacial score (nSPS) is 27.2. The van der Waals surface area contributed by atoms with E-state index in [0.717, 1.165) is 24.0 Å². The van der Waals surface area contributed by atoms with Crippen LogP contribution < -0.4 is 31.9 Å². The van der Waals surface area contributed by atoms with Gasteiger partial charge in [-0.05, 0) is 61.7 Å². The van der Waals surface area contributed by atoms with Crippen LogP contribution in [-0.4, -0.2) is 180 Å². The number of amides is 6. The second kappa shape index (κ2) is 29.8.